The average molecular weight is 196 g/mol. The van der Waals surface area contributed by atoms with E-state index in [0.717, 1.165) is 25.2 Å². The lowest BCUT2D eigenvalue weighted by atomic mass is 10.1. The van der Waals surface area contributed by atoms with Crippen molar-refractivity contribution in [2.75, 3.05) is 13.6 Å². The Bertz CT molecular complexity index is 204. The molecule has 82 valence electrons. The lowest BCUT2D eigenvalue weighted by Crippen LogP contribution is -2.23. The molecule has 0 heterocycles. The van der Waals surface area contributed by atoms with Crippen LogP contribution in [0.15, 0.2) is 23.5 Å². The lowest BCUT2D eigenvalue weighted by molar-refractivity contribution is 0.412. The van der Waals surface area contributed by atoms with E-state index in [1.165, 1.54) is 12.0 Å². The van der Waals surface area contributed by atoms with Crippen LogP contribution in [0.1, 0.15) is 40.0 Å². The molecule has 0 spiro atoms. The van der Waals surface area contributed by atoms with Gasteiger partial charge in [0.15, 0.2) is 0 Å². The number of nitrogens with zero attached hydrogens (tertiary/aromatic N) is 1. The first kappa shape index (κ1) is 13.1. The van der Waals surface area contributed by atoms with Crippen LogP contribution in [0, 0.1) is 0 Å². The van der Waals surface area contributed by atoms with E-state index in [1.807, 2.05) is 13.1 Å². The molecule has 0 aliphatic heterocycles. The molecule has 2 N–H and O–H groups in total. The molecule has 0 amide bonds. The van der Waals surface area contributed by atoms with Crippen molar-refractivity contribution in [1.82, 2.24) is 4.90 Å². The van der Waals surface area contributed by atoms with Gasteiger partial charge in [-0.3, -0.25) is 0 Å². The molecular weight excluding hydrogens is 172 g/mol. The Morgan fingerprint density at radius 3 is 2.36 bits per heavy atom. The van der Waals surface area contributed by atoms with Gasteiger partial charge in [0.05, 0.1) is 5.82 Å². The Kier molecular flexibility index (Phi) is 6.99. The Morgan fingerprint density at radius 1 is 1.21 bits per heavy atom. The number of hydrogen-bond donors (Lipinski definition) is 1. The Labute approximate surface area is 88.5 Å². The second-order valence-electron chi connectivity index (χ2n) is 3.78. The van der Waals surface area contributed by atoms with Crippen molar-refractivity contribution in [1.29, 1.82) is 0 Å². The molecule has 0 atom stereocenters. The fourth-order valence-electron chi connectivity index (χ4n) is 1.30. The summed E-state index contributed by atoms with van der Waals surface area (Å²) in [6.07, 6.45) is 7.59. The van der Waals surface area contributed by atoms with E-state index in [9.17, 15) is 0 Å². The first-order valence-corrected chi connectivity index (χ1v) is 5.45. The molecule has 0 bridgehead atoms. The highest BCUT2D eigenvalue weighted by atomic mass is 15.2. The fourth-order valence-corrected chi connectivity index (χ4v) is 1.30. The lowest BCUT2D eigenvalue weighted by Gasteiger charge is -2.17. The Hall–Kier alpha value is -0.920. The van der Waals surface area contributed by atoms with Gasteiger partial charge in [-0.05, 0) is 25.8 Å². The van der Waals surface area contributed by atoms with Crippen LogP contribution in [0.3, 0.4) is 0 Å². The van der Waals surface area contributed by atoms with E-state index in [0.29, 0.717) is 0 Å². The van der Waals surface area contributed by atoms with E-state index in [2.05, 4.69) is 31.7 Å². The predicted molar refractivity (Wildman–Crippen MR) is 63.9 cm³/mol. The van der Waals surface area contributed by atoms with Crippen LogP contribution < -0.4 is 5.73 Å². The first-order chi connectivity index (χ1) is 6.61. The van der Waals surface area contributed by atoms with E-state index in [4.69, 9.17) is 5.73 Å². The molecule has 0 aliphatic carbocycles. The van der Waals surface area contributed by atoms with Crippen molar-refractivity contribution in [3.8, 4) is 0 Å². The van der Waals surface area contributed by atoms with E-state index < -0.39 is 0 Å². The zero-order valence-corrected chi connectivity index (χ0v) is 10.0. The van der Waals surface area contributed by atoms with Gasteiger partial charge in [-0.1, -0.05) is 31.9 Å². The molecule has 0 rings (SSSR count). The Balaban J connectivity index is 4.15. The largest absolute Gasteiger partial charge is 0.385 e. The molecule has 0 aliphatic rings. The van der Waals surface area contributed by atoms with Crippen LogP contribution in [0.2, 0.25) is 0 Å². The minimum atomic E-state index is 0.849. The molecule has 0 radical (unpaired) electrons. The van der Waals surface area contributed by atoms with Crippen molar-refractivity contribution in [2.45, 2.75) is 40.0 Å². The van der Waals surface area contributed by atoms with Crippen LogP contribution in [0.25, 0.3) is 0 Å². The molecule has 0 aromatic carbocycles. The van der Waals surface area contributed by atoms with Crippen molar-refractivity contribution < 1.29 is 0 Å². The van der Waals surface area contributed by atoms with Crippen LogP contribution in [-0.2, 0) is 0 Å². The summed E-state index contributed by atoms with van der Waals surface area (Å²) in [5, 5.41) is 0. The monoisotopic (exact) mass is 196 g/mol. The van der Waals surface area contributed by atoms with Crippen molar-refractivity contribution in [3.63, 3.8) is 0 Å². The molecule has 0 fully saturated rings. The van der Waals surface area contributed by atoms with Crippen molar-refractivity contribution in [2.24, 2.45) is 5.73 Å². The summed E-state index contributed by atoms with van der Waals surface area (Å²) >= 11 is 0. The molecule has 0 aromatic rings. The summed E-state index contributed by atoms with van der Waals surface area (Å²) in [7, 11) is 2.03. The van der Waals surface area contributed by atoms with Crippen LogP contribution in [0.4, 0.5) is 0 Å². The van der Waals surface area contributed by atoms with Gasteiger partial charge in [-0.25, -0.2) is 0 Å². The molecule has 0 saturated heterocycles. The second-order valence-corrected chi connectivity index (χ2v) is 3.78. The maximum atomic E-state index is 5.89. The standard InChI is InChI=1S/C12H24N2/c1-5-7-11(3)8-9-12(13)14(4)10-6-2/h8-9H,5-7,10,13H2,1-4H3/b11-8-,12-9+. The highest BCUT2D eigenvalue weighted by molar-refractivity contribution is 5.14. The first-order valence-electron chi connectivity index (χ1n) is 5.45. The third-order valence-corrected chi connectivity index (χ3v) is 2.18. The summed E-state index contributed by atoms with van der Waals surface area (Å²) in [5.41, 5.74) is 7.28. The number of allylic oxidation sites excluding steroid dienone is 3. The molecular formula is C12H24N2. The quantitative estimate of drug-likeness (QED) is 0.662. The SMILES string of the molecule is CCC/C(C)=C\C=C(/N)N(C)CCC. The molecule has 2 nitrogen and oxygen atoms in total. The van der Waals surface area contributed by atoms with Gasteiger partial charge in [0.1, 0.15) is 0 Å². The zero-order valence-electron chi connectivity index (χ0n) is 10.0. The maximum Gasteiger partial charge on any atom is 0.0983 e. The summed E-state index contributed by atoms with van der Waals surface area (Å²) in [4.78, 5) is 2.08. The molecule has 0 unspecified atom stereocenters. The Morgan fingerprint density at radius 2 is 1.86 bits per heavy atom. The normalized spacial score (nSPS) is 13.1. The van der Waals surface area contributed by atoms with Gasteiger partial charge in [0.2, 0.25) is 0 Å². The number of hydrogen-bond acceptors (Lipinski definition) is 2. The van der Waals surface area contributed by atoms with Crippen LogP contribution in [-0.4, -0.2) is 18.5 Å². The number of rotatable bonds is 6. The third-order valence-electron chi connectivity index (χ3n) is 2.18. The van der Waals surface area contributed by atoms with Crippen molar-refractivity contribution >= 4 is 0 Å². The van der Waals surface area contributed by atoms with Crippen LogP contribution in [0.5, 0.6) is 0 Å². The zero-order chi connectivity index (χ0) is 11.0. The topological polar surface area (TPSA) is 29.3 Å². The summed E-state index contributed by atoms with van der Waals surface area (Å²) < 4.78 is 0. The number of nitrogens with two attached hydrogens (primary N) is 1. The predicted octanol–water partition coefficient (Wildman–Crippen LogP) is 2.87. The molecule has 0 aromatic heterocycles. The maximum absolute atomic E-state index is 5.89. The van der Waals surface area contributed by atoms with Gasteiger partial charge >= 0.3 is 0 Å². The van der Waals surface area contributed by atoms with Gasteiger partial charge in [-0.15, -0.1) is 0 Å². The summed E-state index contributed by atoms with van der Waals surface area (Å²) in [5.74, 6) is 0.849. The molecule has 0 saturated carbocycles. The second kappa shape index (κ2) is 7.48. The van der Waals surface area contributed by atoms with E-state index in [1.54, 1.807) is 0 Å². The van der Waals surface area contributed by atoms with Gasteiger partial charge in [0, 0.05) is 13.6 Å². The van der Waals surface area contributed by atoms with Gasteiger partial charge in [-0.2, -0.15) is 0 Å². The summed E-state index contributed by atoms with van der Waals surface area (Å²) in [6, 6.07) is 0. The molecule has 2 heteroatoms. The summed E-state index contributed by atoms with van der Waals surface area (Å²) in [6.45, 7) is 7.51. The van der Waals surface area contributed by atoms with Crippen molar-refractivity contribution in [3.05, 3.63) is 23.5 Å². The average Bonchev–Trinajstić information content (AvgIpc) is 2.15. The smallest absolute Gasteiger partial charge is 0.0983 e. The minimum Gasteiger partial charge on any atom is -0.385 e. The minimum absolute atomic E-state index is 0.849. The third kappa shape index (κ3) is 5.68. The van der Waals surface area contributed by atoms with Gasteiger partial charge in [0.25, 0.3) is 0 Å². The molecule has 14 heavy (non-hydrogen) atoms. The fraction of sp³-hybridized carbons (Fsp3) is 0.667. The van der Waals surface area contributed by atoms with Crippen LogP contribution >= 0.6 is 0 Å². The van der Waals surface area contributed by atoms with E-state index >= 15 is 0 Å². The highest BCUT2D eigenvalue weighted by Gasteiger charge is 1.95. The highest BCUT2D eigenvalue weighted by Crippen LogP contribution is 2.04. The van der Waals surface area contributed by atoms with Gasteiger partial charge < -0.3 is 10.6 Å². The van der Waals surface area contributed by atoms with E-state index in [-0.39, 0.29) is 0 Å².